The Morgan fingerprint density at radius 3 is 2.50 bits per heavy atom. The zero-order valence-electron chi connectivity index (χ0n) is 15.3. The van der Waals surface area contributed by atoms with E-state index in [-0.39, 0.29) is 18.3 Å². The molecule has 2 heterocycles. The van der Waals surface area contributed by atoms with Crippen molar-refractivity contribution < 1.29 is 14.3 Å². The molecule has 0 unspecified atom stereocenters. The maximum absolute atomic E-state index is 12.3. The Kier molecular flexibility index (Phi) is 7.50. The topological polar surface area (TPSA) is 75.6 Å². The van der Waals surface area contributed by atoms with Gasteiger partial charge in [-0.05, 0) is 17.7 Å². The van der Waals surface area contributed by atoms with Crippen LogP contribution in [0.25, 0.3) is 0 Å². The van der Waals surface area contributed by atoms with Crippen LogP contribution in [-0.2, 0) is 20.1 Å². The van der Waals surface area contributed by atoms with Gasteiger partial charge in [0.25, 0.3) is 5.91 Å². The fourth-order valence-electron chi connectivity index (χ4n) is 2.75. The van der Waals surface area contributed by atoms with Gasteiger partial charge in [0, 0.05) is 49.3 Å². The van der Waals surface area contributed by atoms with Crippen LogP contribution in [0.3, 0.4) is 0 Å². The lowest BCUT2D eigenvalue weighted by Gasteiger charge is -2.34. The van der Waals surface area contributed by atoms with E-state index in [1.54, 1.807) is 23.4 Å². The largest absolute Gasteiger partial charge is 0.455 e. The van der Waals surface area contributed by atoms with Gasteiger partial charge in [0.05, 0.1) is 5.75 Å². The Balaban J connectivity index is 1.34. The highest BCUT2D eigenvalue weighted by atomic mass is 35.5. The summed E-state index contributed by atoms with van der Waals surface area (Å²) < 4.78 is 5.11. The number of hydrogen-bond donors (Lipinski definition) is 0. The number of benzene rings is 1. The number of carbonyl (C=O) groups is 2. The molecule has 1 saturated heterocycles. The summed E-state index contributed by atoms with van der Waals surface area (Å²) in [6.07, 6.45) is 3.39. The molecule has 7 nitrogen and oxygen atoms in total. The molecule has 2 aromatic rings. The third-order valence-electron chi connectivity index (χ3n) is 4.26. The summed E-state index contributed by atoms with van der Waals surface area (Å²) >= 11 is 7.50. The second-order valence-corrected chi connectivity index (χ2v) is 7.55. The molecule has 9 heteroatoms. The number of aromatic nitrogens is 2. The first-order valence-electron chi connectivity index (χ1n) is 8.90. The van der Waals surface area contributed by atoms with Crippen molar-refractivity contribution in [1.82, 2.24) is 14.9 Å². The highest BCUT2D eigenvalue weighted by molar-refractivity contribution is 7.99. The number of thioether (sulfide) groups is 1. The van der Waals surface area contributed by atoms with Crippen molar-refractivity contribution >= 4 is 41.2 Å². The van der Waals surface area contributed by atoms with E-state index in [2.05, 4.69) is 9.97 Å². The SMILES string of the molecule is O=C(CSCc1ccccc1Cl)OCC(=O)N1CCN(c2ncccn2)CC1. The van der Waals surface area contributed by atoms with Gasteiger partial charge in [-0.2, -0.15) is 0 Å². The van der Waals surface area contributed by atoms with Gasteiger partial charge in [-0.3, -0.25) is 9.59 Å². The Morgan fingerprint density at radius 2 is 1.79 bits per heavy atom. The van der Waals surface area contributed by atoms with Crippen molar-refractivity contribution in [3.8, 4) is 0 Å². The molecular weight excluding hydrogens is 400 g/mol. The highest BCUT2D eigenvalue weighted by Crippen LogP contribution is 2.20. The van der Waals surface area contributed by atoms with Crippen molar-refractivity contribution in [3.63, 3.8) is 0 Å². The molecule has 0 radical (unpaired) electrons. The minimum absolute atomic E-state index is 0.178. The monoisotopic (exact) mass is 420 g/mol. The molecule has 0 saturated carbocycles. The summed E-state index contributed by atoms with van der Waals surface area (Å²) in [6, 6.07) is 9.28. The van der Waals surface area contributed by atoms with Crippen LogP contribution in [0.2, 0.25) is 5.02 Å². The van der Waals surface area contributed by atoms with Gasteiger partial charge in [0.15, 0.2) is 6.61 Å². The van der Waals surface area contributed by atoms with E-state index in [4.69, 9.17) is 16.3 Å². The first kappa shape index (κ1) is 20.4. The Bertz CT molecular complexity index is 801. The number of carbonyl (C=O) groups excluding carboxylic acids is 2. The van der Waals surface area contributed by atoms with Gasteiger partial charge < -0.3 is 14.5 Å². The third-order valence-corrected chi connectivity index (χ3v) is 5.58. The number of ether oxygens (including phenoxy) is 1. The summed E-state index contributed by atoms with van der Waals surface area (Å²) in [5.74, 6) is 0.875. The molecule has 148 valence electrons. The van der Waals surface area contributed by atoms with Crippen LogP contribution in [0.15, 0.2) is 42.7 Å². The Hall–Kier alpha value is -2.32. The van der Waals surface area contributed by atoms with Crippen LogP contribution in [0.5, 0.6) is 0 Å². The van der Waals surface area contributed by atoms with Gasteiger partial charge in [0.1, 0.15) is 0 Å². The maximum atomic E-state index is 12.3. The molecule has 0 bridgehead atoms. The van der Waals surface area contributed by atoms with E-state index in [0.29, 0.717) is 42.9 Å². The Labute approximate surface area is 173 Å². The zero-order valence-corrected chi connectivity index (χ0v) is 16.9. The van der Waals surface area contributed by atoms with Crippen LogP contribution in [0.4, 0.5) is 5.95 Å². The molecule has 0 atom stereocenters. The van der Waals surface area contributed by atoms with Gasteiger partial charge in [-0.25, -0.2) is 9.97 Å². The second-order valence-electron chi connectivity index (χ2n) is 6.16. The fraction of sp³-hybridized carbons (Fsp3) is 0.368. The Morgan fingerprint density at radius 1 is 1.07 bits per heavy atom. The normalized spacial score (nSPS) is 14.0. The number of halogens is 1. The molecule has 0 N–H and O–H groups in total. The van der Waals surface area contributed by atoms with Gasteiger partial charge >= 0.3 is 5.97 Å². The molecule has 1 fully saturated rings. The number of nitrogens with zero attached hydrogens (tertiary/aromatic N) is 4. The van der Waals surface area contributed by atoms with E-state index in [1.165, 1.54) is 11.8 Å². The van der Waals surface area contributed by atoms with Crippen molar-refractivity contribution in [1.29, 1.82) is 0 Å². The summed E-state index contributed by atoms with van der Waals surface area (Å²) in [4.78, 5) is 36.3. The summed E-state index contributed by atoms with van der Waals surface area (Å²) in [5, 5.41) is 0.679. The zero-order chi connectivity index (χ0) is 19.8. The molecule has 0 spiro atoms. The fourth-order valence-corrected chi connectivity index (χ4v) is 3.85. The molecular formula is C19H21ClN4O3S. The molecule has 0 aliphatic carbocycles. The van der Waals surface area contributed by atoms with E-state index >= 15 is 0 Å². The van der Waals surface area contributed by atoms with Crippen LogP contribution in [0, 0.1) is 0 Å². The first-order chi connectivity index (χ1) is 13.6. The van der Waals surface area contributed by atoms with Crippen LogP contribution >= 0.6 is 23.4 Å². The molecule has 3 rings (SSSR count). The van der Waals surface area contributed by atoms with E-state index in [1.807, 2.05) is 29.2 Å². The quantitative estimate of drug-likeness (QED) is 0.636. The van der Waals surface area contributed by atoms with Crippen LogP contribution in [0.1, 0.15) is 5.56 Å². The predicted octanol–water partition coefficient (Wildman–Crippen LogP) is 2.26. The van der Waals surface area contributed by atoms with Crippen molar-refractivity contribution in [2.45, 2.75) is 5.75 Å². The number of anilines is 1. The number of hydrogen-bond acceptors (Lipinski definition) is 7. The number of amides is 1. The summed E-state index contributed by atoms with van der Waals surface area (Å²) in [5.41, 5.74) is 0.971. The molecule has 1 aromatic carbocycles. The minimum Gasteiger partial charge on any atom is -0.455 e. The standard InChI is InChI=1S/C19H21ClN4O3S/c20-16-5-2-1-4-15(16)13-28-14-18(26)27-12-17(25)23-8-10-24(11-9-23)19-21-6-3-7-22-19/h1-7H,8-14H2. The average molecular weight is 421 g/mol. The lowest BCUT2D eigenvalue weighted by Crippen LogP contribution is -2.50. The number of esters is 1. The lowest BCUT2D eigenvalue weighted by atomic mass is 10.2. The van der Waals surface area contributed by atoms with E-state index in [0.717, 1.165) is 5.56 Å². The minimum atomic E-state index is -0.401. The van der Waals surface area contributed by atoms with E-state index in [9.17, 15) is 9.59 Å². The van der Waals surface area contributed by atoms with Gasteiger partial charge in [-0.15, -0.1) is 11.8 Å². The average Bonchev–Trinajstić information content (AvgIpc) is 2.74. The maximum Gasteiger partial charge on any atom is 0.316 e. The predicted molar refractivity (Wildman–Crippen MR) is 109 cm³/mol. The van der Waals surface area contributed by atoms with Crippen molar-refractivity contribution in [2.75, 3.05) is 43.4 Å². The summed E-state index contributed by atoms with van der Waals surface area (Å²) in [6.45, 7) is 2.17. The van der Waals surface area contributed by atoms with Crippen LogP contribution in [-0.4, -0.2) is 65.3 Å². The van der Waals surface area contributed by atoms with Crippen molar-refractivity contribution in [3.05, 3.63) is 53.3 Å². The second kappa shape index (κ2) is 10.3. The van der Waals surface area contributed by atoms with Gasteiger partial charge in [-0.1, -0.05) is 29.8 Å². The number of rotatable bonds is 7. The van der Waals surface area contributed by atoms with Gasteiger partial charge in [0.2, 0.25) is 5.95 Å². The number of piperazine rings is 1. The molecule has 1 amide bonds. The lowest BCUT2D eigenvalue weighted by molar-refractivity contribution is -0.150. The molecule has 1 aromatic heterocycles. The highest BCUT2D eigenvalue weighted by Gasteiger charge is 2.23. The smallest absolute Gasteiger partial charge is 0.316 e. The van der Waals surface area contributed by atoms with E-state index < -0.39 is 5.97 Å². The van der Waals surface area contributed by atoms with Crippen molar-refractivity contribution in [2.24, 2.45) is 0 Å². The summed E-state index contributed by atoms with van der Waals surface area (Å²) in [7, 11) is 0. The molecule has 1 aliphatic rings. The third kappa shape index (κ3) is 5.84. The van der Waals surface area contributed by atoms with Crippen LogP contribution < -0.4 is 4.90 Å². The molecule has 28 heavy (non-hydrogen) atoms. The first-order valence-corrected chi connectivity index (χ1v) is 10.4. The molecule has 1 aliphatic heterocycles.